The largest absolute Gasteiger partial charge is 0.372 e. The fraction of sp³-hybridized carbons (Fsp3) is 0.294. The highest BCUT2D eigenvalue weighted by molar-refractivity contribution is 7.08. The van der Waals surface area contributed by atoms with Crippen molar-refractivity contribution < 1.29 is 4.52 Å². The summed E-state index contributed by atoms with van der Waals surface area (Å²) in [6.07, 6.45) is 3.93. The predicted molar refractivity (Wildman–Crippen MR) is 89.1 cm³/mol. The summed E-state index contributed by atoms with van der Waals surface area (Å²) < 4.78 is 5.35. The van der Waals surface area contributed by atoms with Gasteiger partial charge in [-0.05, 0) is 55.0 Å². The topological polar surface area (TPSA) is 42.2 Å². The average molecular weight is 311 g/mol. The van der Waals surface area contributed by atoms with E-state index >= 15 is 0 Å². The molecule has 0 spiro atoms. The molecule has 0 aliphatic carbocycles. The van der Waals surface area contributed by atoms with Gasteiger partial charge in [0, 0.05) is 29.7 Å². The van der Waals surface area contributed by atoms with Gasteiger partial charge in [-0.2, -0.15) is 16.3 Å². The Balaban J connectivity index is 1.55. The maximum absolute atomic E-state index is 5.35. The van der Waals surface area contributed by atoms with E-state index in [4.69, 9.17) is 4.52 Å². The molecule has 5 heteroatoms. The first-order valence-electron chi connectivity index (χ1n) is 7.62. The van der Waals surface area contributed by atoms with Crippen molar-refractivity contribution in [1.29, 1.82) is 0 Å². The molecule has 0 radical (unpaired) electrons. The third-order valence-electron chi connectivity index (χ3n) is 4.04. The van der Waals surface area contributed by atoms with Crippen molar-refractivity contribution in [3.63, 3.8) is 0 Å². The monoisotopic (exact) mass is 311 g/mol. The Kier molecular flexibility index (Phi) is 3.64. The Hall–Kier alpha value is -2.14. The van der Waals surface area contributed by atoms with Crippen LogP contribution in [-0.4, -0.2) is 23.2 Å². The van der Waals surface area contributed by atoms with Crippen molar-refractivity contribution in [3.8, 4) is 22.8 Å². The second-order valence-electron chi connectivity index (χ2n) is 5.53. The van der Waals surface area contributed by atoms with Gasteiger partial charge in [-0.1, -0.05) is 5.16 Å². The minimum Gasteiger partial charge on any atom is -0.372 e. The molecule has 0 bridgehead atoms. The number of nitrogens with zero attached hydrogens (tertiary/aromatic N) is 3. The second-order valence-corrected chi connectivity index (χ2v) is 6.31. The van der Waals surface area contributed by atoms with E-state index in [-0.39, 0.29) is 0 Å². The molecule has 0 atom stereocenters. The normalized spacial score (nSPS) is 15.2. The van der Waals surface area contributed by atoms with Crippen LogP contribution in [0.2, 0.25) is 0 Å². The zero-order chi connectivity index (χ0) is 14.8. The molecule has 112 valence electrons. The summed E-state index contributed by atoms with van der Waals surface area (Å²) in [5, 5.41) is 8.11. The molecule has 1 aromatic carbocycles. The van der Waals surface area contributed by atoms with Crippen LogP contribution < -0.4 is 4.90 Å². The molecule has 0 amide bonds. The molecule has 0 saturated carbocycles. The fourth-order valence-corrected chi connectivity index (χ4v) is 3.45. The summed E-state index contributed by atoms with van der Waals surface area (Å²) in [5.74, 6) is 1.22. The third-order valence-corrected chi connectivity index (χ3v) is 4.72. The molecule has 1 aliphatic rings. The summed E-state index contributed by atoms with van der Waals surface area (Å²) >= 11 is 1.62. The van der Waals surface area contributed by atoms with Crippen LogP contribution in [0.3, 0.4) is 0 Å². The van der Waals surface area contributed by atoms with Crippen LogP contribution in [0.4, 0.5) is 5.69 Å². The fourth-order valence-electron chi connectivity index (χ4n) is 2.82. The highest BCUT2D eigenvalue weighted by atomic mass is 32.1. The first-order valence-corrected chi connectivity index (χ1v) is 8.56. The van der Waals surface area contributed by atoms with Crippen LogP contribution in [0.25, 0.3) is 22.8 Å². The number of benzene rings is 1. The number of hydrogen-bond acceptors (Lipinski definition) is 5. The molecule has 4 rings (SSSR count). The maximum atomic E-state index is 5.35. The Labute approximate surface area is 133 Å². The number of thiophene rings is 1. The minimum atomic E-state index is 0.580. The summed E-state index contributed by atoms with van der Waals surface area (Å²) in [4.78, 5) is 6.93. The number of piperidine rings is 1. The van der Waals surface area contributed by atoms with Crippen molar-refractivity contribution in [2.45, 2.75) is 19.3 Å². The molecule has 22 heavy (non-hydrogen) atoms. The Morgan fingerprint density at radius 1 is 0.955 bits per heavy atom. The quantitative estimate of drug-likeness (QED) is 0.716. The van der Waals surface area contributed by atoms with Crippen molar-refractivity contribution in [2.75, 3.05) is 18.0 Å². The molecule has 4 nitrogen and oxygen atoms in total. The molecule has 3 heterocycles. The molecule has 0 unspecified atom stereocenters. The number of rotatable bonds is 3. The highest BCUT2D eigenvalue weighted by Crippen LogP contribution is 2.26. The van der Waals surface area contributed by atoms with Crippen LogP contribution in [0, 0.1) is 0 Å². The van der Waals surface area contributed by atoms with E-state index in [1.807, 2.05) is 16.8 Å². The van der Waals surface area contributed by atoms with E-state index in [9.17, 15) is 0 Å². The summed E-state index contributed by atoms with van der Waals surface area (Å²) in [6, 6.07) is 10.4. The molecule has 2 aromatic heterocycles. The van der Waals surface area contributed by atoms with E-state index in [0.717, 1.165) is 24.2 Å². The average Bonchev–Trinajstić information content (AvgIpc) is 3.27. The first-order chi connectivity index (χ1) is 10.9. The lowest BCUT2D eigenvalue weighted by molar-refractivity contribution is 0.432. The van der Waals surface area contributed by atoms with Crippen LogP contribution >= 0.6 is 11.3 Å². The van der Waals surface area contributed by atoms with Crippen molar-refractivity contribution in [3.05, 3.63) is 41.1 Å². The first kappa shape index (κ1) is 13.5. The second kappa shape index (κ2) is 5.93. The zero-order valence-electron chi connectivity index (χ0n) is 12.2. The lowest BCUT2D eigenvalue weighted by Crippen LogP contribution is -2.29. The van der Waals surface area contributed by atoms with Gasteiger partial charge in [0.05, 0.1) is 5.56 Å². The minimum absolute atomic E-state index is 0.580. The molecule has 1 saturated heterocycles. The van der Waals surface area contributed by atoms with Gasteiger partial charge in [0.1, 0.15) is 0 Å². The van der Waals surface area contributed by atoms with Gasteiger partial charge in [-0.3, -0.25) is 0 Å². The Morgan fingerprint density at radius 3 is 2.50 bits per heavy atom. The Morgan fingerprint density at radius 2 is 1.77 bits per heavy atom. The smallest absolute Gasteiger partial charge is 0.259 e. The SMILES string of the molecule is c1cc(-c2nc(-c3ccc(N4CCCCC4)cc3)no2)cs1. The lowest BCUT2D eigenvalue weighted by atomic mass is 10.1. The van der Waals surface area contributed by atoms with Gasteiger partial charge in [0.2, 0.25) is 5.82 Å². The number of anilines is 1. The summed E-state index contributed by atoms with van der Waals surface area (Å²) in [7, 11) is 0. The van der Waals surface area contributed by atoms with Crippen LogP contribution in [0.1, 0.15) is 19.3 Å². The van der Waals surface area contributed by atoms with Crippen LogP contribution in [0.15, 0.2) is 45.6 Å². The van der Waals surface area contributed by atoms with E-state index in [1.54, 1.807) is 11.3 Å². The van der Waals surface area contributed by atoms with Gasteiger partial charge in [-0.25, -0.2) is 0 Å². The molecule has 0 N–H and O–H groups in total. The molecule has 1 aliphatic heterocycles. The predicted octanol–water partition coefficient (Wildman–Crippen LogP) is 4.46. The molecular formula is C17H17N3OS. The van der Waals surface area contributed by atoms with Gasteiger partial charge in [-0.15, -0.1) is 0 Å². The molecule has 1 fully saturated rings. The van der Waals surface area contributed by atoms with Crippen molar-refractivity contribution in [2.24, 2.45) is 0 Å². The van der Waals surface area contributed by atoms with Crippen molar-refractivity contribution >= 4 is 17.0 Å². The van der Waals surface area contributed by atoms with E-state index in [1.165, 1.54) is 24.9 Å². The third kappa shape index (κ3) is 2.64. The standard InChI is InChI=1S/C17H17N3OS/c1-2-9-20(10-3-1)15-6-4-13(5-7-15)16-18-17(21-19-16)14-8-11-22-12-14/h4-8,11-12H,1-3,9-10H2. The maximum Gasteiger partial charge on any atom is 0.259 e. The van der Waals surface area contributed by atoms with Gasteiger partial charge in [0.25, 0.3) is 5.89 Å². The van der Waals surface area contributed by atoms with E-state index in [2.05, 4.69) is 39.3 Å². The lowest BCUT2D eigenvalue weighted by Gasteiger charge is -2.28. The summed E-state index contributed by atoms with van der Waals surface area (Å²) in [5.41, 5.74) is 3.25. The highest BCUT2D eigenvalue weighted by Gasteiger charge is 2.13. The van der Waals surface area contributed by atoms with Crippen molar-refractivity contribution in [1.82, 2.24) is 10.1 Å². The zero-order valence-corrected chi connectivity index (χ0v) is 13.1. The van der Waals surface area contributed by atoms with E-state index < -0.39 is 0 Å². The molecule has 3 aromatic rings. The van der Waals surface area contributed by atoms with Crippen LogP contribution in [0.5, 0.6) is 0 Å². The van der Waals surface area contributed by atoms with Gasteiger partial charge < -0.3 is 9.42 Å². The van der Waals surface area contributed by atoms with E-state index in [0.29, 0.717) is 11.7 Å². The number of hydrogen-bond donors (Lipinski definition) is 0. The molecular weight excluding hydrogens is 294 g/mol. The summed E-state index contributed by atoms with van der Waals surface area (Å²) in [6.45, 7) is 2.31. The van der Waals surface area contributed by atoms with Gasteiger partial charge >= 0.3 is 0 Å². The van der Waals surface area contributed by atoms with Crippen LogP contribution in [-0.2, 0) is 0 Å². The van der Waals surface area contributed by atoms with Gasteiger partial charge in [0.15, 0.2) is 0 Å². The Bertz CT molecular complexity index is 728. The number of aromatic nitrogens is 2.